The minimum Gasteiger partial charge on any atom is -0.480 e. The van der Waals surface area contributed by atoms with E-state index >= 15 is 0 Å². The highest BCUT2D eigenvalue weighted by atomic mass is 16.4. The van der Waals surface area contributed by atoms with Crippen molar-refractivity contribution in [2.75, 3.05) is 26.2 Å². The maximum atomic E-state index is 11.4. The summed E-state index contributed by atoms with van der Waals surface area (Å²) in [5.74, 6) is -0.703. The summed E-state index contributed by atoms with van der Waals surface area (Å²) in [4.78, 5) is 13.9. The molecule has 0 amide bonds. The predicted molar refractivity (Wildman–Crippen MR) is 73.9 cm³/mol. The molecule has 1 fully saturated rings. The lowest BCUT2D eigenvalue weighted by atomic mass is 9.90. The Morgan fingerprint density at radius 3 is 2.44 bits per heavy atom. The first-order valence-corrected chi connectivity index (χ1v) is 7.35. The van der Waals surface area contributed by atoms with Gasteiger partial charge in [0.2, 0.25) is 0 Å². The number of nitrogens with one attached hydrogen (secondary N) is 1. The van der Waals surface area contributed by atoms with Crippen molar-refractivity contribution in [2.24, 2.45) is 0 Å². The maximum Gasteiger partial charge on any atom is 0.323 e. The molecule has 4 heteroatoms. The fraction of sp³-hybridized carbons (Fsp3) is 0.929. The number of likely N-dealkylation sites (N-methyl/N-ethyl adjacent to an activating group) is 1. The van der Waals surface area contributed by atoms with Gasteiger partial charge in [0, 0.05) is 0 Å². The van der Waals surface area contributed by atoms with Crippen molar-refractivity contribution < 1.29 is 9.90 Å². The molecule has 1 aliphatic rings. The number of carboxylic acid groups (broad SMARTS) is 1. The molecule has 0 radical (unpaired) electrons. The minimum absolute atomic E-state index is 0.649. The summed E-state index contributed by atoms with van der Waals surface area (Å²) in [7, 11) is 0. The summed E-state index contributed by atoms with van der Waals surface area (Å²) in [6, 6.07) is 0. The van der Waals surface area contributed by atoms with Crippen LogP contribution in [0.5, 0.6) is 0 Å². The van der Waals surface area contributed by atoms with Crippen LogP contribution in [0.4, 0.5) is 0 Å². The molecule has 1 saturated heterocycles. The fourth-order valence-electron chi connectivity index (χ4n) is 2.85. The summed E-state index contributed by atoms with van der Waals surface area (Å²) in [5, 5.41) is 12.6. The third-order valence-electron chi connectivity index (χ3n) is 4.05. The number of likely N-dealkylation sites (tertiary alicyclic amines) is 1. The number of hydrogen-bond donors (Lipinski definition) is 2. The van der Waals surface area contributed by atoms with Crippen LogP contribution >= 0.6 is 0 Å². The van der Waals surface area contributed by atoms with E-state index in [1.54, 1.807) is 0 Å². The second-order valence-corrected chi connectivity index (χ2v) is 5.28. The molecule has 1 rings (SSSR count). The Bertz CT molecular complexity index is 252. The number of piperidine rings is 1. The van der Waals surface area contributed by atoms with Gasteiger partial charge in [-0.2, -0.15) is 0 Å². The van der Waals surface area contributed by atoms with Crippen molar-refractivity contribution in [3.63, 3.8) is 0 Å². The number of hydrogen-bond acceptors (Lipinski definition) is 3. The second-order valence-electron chi connectivity index (χ2n) is 5.28. The summed E-state index contributed by atoms with van der Waals surface area (Å²) in [6.07, 6.45) is 6.28. The molecule has 106 valence electrons. The van der Waals surface area contributed by atoms with Gasteiger partial charge in [-0.25, -0.2) is 0 Å². The molecular formula is C14H28N2O2. The van der Waals surface area contributed by atoms with Crippen LogP contribution in [-0.4, -0.2) is 47.7 Å². The summed E-state index contributed by atoms with van der Waals surface area (Å²) in [5.41, 5.74) is -0.718. The molecule has 0 aliphatic carbocycles. The van der Waals surface area contributed by atoms with Crippen LogP contribution in [0, 0.1) is 0 Å². The van der Waals surface area contributed by atoms with Crippen molar-refractivity contribution >= 4 is 5.97 Å². The van der Waals surface area contributed by atoms with Crippen LogP contribution < -0.4 is 5.32 Å². The van der Waals surface area contributed by atoms with Gasteiger partial charge >= 0.3 is 5.97 Å². The average Bonchev–Trinajstić information content (AvgIpc) is 2.38. The smallest absolute Gasteiger partial charge is 0.323 e. The van der Waals surface area contributed by atoms with Gasteiger partial charge in [-0.05, 0) is 58.3 Å². The molecule has 1 atom stereocenters. The lowest BCUT2D eigenvalue weighted by Crippen LogP contribution is -2.52. The molecule has 0 saturated carbocycles. The van der Waals surface area contributed by atoms with E-state index < -0.39 is 11.5 Å². The van der Waals surface area contributed by atoms with Gasteiger partial charge in [0.05, 0.1) is 0 Å². The highest BCUT2D eigenvalue weighted by Crippen LogP contribution is 2.19. The first-order valence-electron chi connectivity index (χ1n) is 7.35. The zero-order chi connectivity index (χ0) is 13.4. The number of carbonyl (C=O) groups is 1. The van der Waals surface area contributed by atoms with E-state index in [0.29, 0.717) is 13.0 Å². The van der Waals surface area contributed by atoms with E-state index in [9.17, 15) is 9.90 Å². The van der Waals surface area contributed by atoms with Gasteiger partial charge in [0.25, 0.3) is 0 Å². The standard InChI is InChI=1S/C14H28N2O2/c1-3-14(13(17)18,15-4-2)9-8-12-16-10-6-5-7-11-16/h15H,3-12H2,1-2H3,(H,17,18). The molecule has 0 bridgehead atoms. The van der Waals surface area contributed by atoms with Gasteiger partial charge in [0.1, 0.15) is 5.54 Å². The van der Waals surface area contributed by atoms with E-state index in [2.05, 4.69) is 10.2 Å². The third kappa shape index (κ3) is 4.25. The highest BCUT2D eigenvalue weighted by Gasteiger charge is 2.35. The van der Waals surface area contributed by atoms with Gasteiger partial charge in [-0.3, -0.25) is 4.79 Å². The normalized spacial score (nSPS) is 20.6. The molecule has 18 heavy (non-hydrogen) atoms. The monoisotopic (exact) mass is 256 g/mol. The number of aliphatic carboxylic acids is 1. The molecule has 1 aliphatic heterocycles. The van der Waals surface area contributed by atoms with Crippen LogP contribution in [0.25, 0.3) is 0 Å². The number of nitrogens with zero attached hydrogens (tertiary/aromatic N) is 1. The van der Waals surface area contributed by atoms with Crippen molar-refractivity contribution in [3.8, 4) is 0 Å². The molecule has 2 N–H and O–H groups in total. The summed E-state index contributed by atoms with van der Waals surface area (Å²) in [6.45, 7) is 8.06. The highest BCUT2D eigenvalue weighted by molar-refractivity contribution is 5.78. The van der Waals surface area contributed by atoms with Gasteiger partial charge in [-0.1, -0.05) is 20.3 Å². The van der Waals surface area contributed by atoms with Gasteiger partial charge < -0.3 is 15.3 Å². The largest absolute Gasteiger partial charge is 0.480 e. The van der Waals surface area contributed by atoms with E-state index in [4.69, 9.17) is 0 Å². The third-order valence-corrected chi connectivity index (χ3v) is 4.05. The van der Waals surface area contributed by atoms with Crippen LogP contribution in [0.3, 0.4) is 0 Å². The zero-order valence-corrected chi connectivity index (χ0v) is 11.9. The number of rotatable bonds is 8. The number of carboxylic acids is 1. The Morgan fingerprint density at radius 1 is 1.28 bits per heavy atom. The molecule has 1 unspecified atom stereocenters. The van der Waals surface area contributed by atoms with E-state index in [-0.39, 0.29) is 0 Å². The Balaban J connectivity index is 2.38. The van der Waals surface area contributed by atoms with Crippen LogP contribution in [0.1, 0.15) is 52.4 Å². The van der Waals surface area contributed by atoms with Crippen LogP contribution in [0.2, 0.25) is 0 Å². The van der Waals surface area contributed by atoms with Crippen molar-refractivity contribution in [3.05, 3.63) is 0 Å². The summed E-state index contributed by atoms with van der Waals surface area (Å²) >= 11 is 0. The first kappa shape index (κ1) is 15.4. The van der Waals surface area contributed by atoms with Crippen molar-refractivity contribution in [1.82, 2.24) is 10.2 Å². The Hall–Kier alpha value is -0.610. The van der Waals surface area contributed by atoms with Crippen molar-refractivity contribution in [1.29, 1.82) is 0 Å². The van der Waals surface area contributed by atoms with Crippen LogP contribution in [0.15, 0.2) is 0 Å². The zero-order valence-electron chi connectivity index (χ0n) is 11.9. The minimum atomic E-state index is -0.718. The molecule has 0 aromatic heterocycles. The predicted octanol–water partition coefficient (Wildman–Crippen LogP) is 2.10. The van der Waals surface area contributed by atoms with Gasteiger partial charge in [0.15, 0.2) is 0 Å². The summed E-state index contributed by atoms with van der Waals surface area (Å²) < 4.78 is 0. The molecule has 1 heterocycles. The Morgan fingerprint density at radius 2 is 1.94 bits per heavy atom. The average molecular weight is 256 g/mol. The molecule has 0 aromatic rings. The SMILES string of the molecule is CCNC(CC)(CCCN1CCCCC1)C(=O)O. The lowest BCUT2D eigenvalue weighted by Gasteiger charge is -2.31. The molecular weight excluding hydrogens is 228 g/mol. The van der Waals surface area contributed by atoms with Crippen molar-refractivity contribution in [2.45, 2.75) is 57.9 Å². The Labute approximate surface area is 111 Å². The Kier molecular flexibility index (Phi) is 6.65. The lowest BCUT2D eigenvalue weighted by molar-refractivity contribution is -0.145. The van der Waals surface area contributed by atoms with E-state index in [0.717, 1.165) is 19.4 Å². The quantitative estimate of drug-likeness (QED) is 0.698. The van der Waals surface area contributed by atoms with Crippen LogP contribution in [-0.2, 0) is 4.79 Å². The fourth-order valence-corrected chi connectivity index (χ4v) is 2.85. The second kappa shape index (κ2) is 7.74. The van der Waals surface area contributed by atoms with E-state index in [1.165, 1.54) is 32.4 Å². The molecule has 0 aromatic carbocycles. The molecule has 4 nitrogen and oxygen atoms in total. The topological polar surface area (TPSA) is 52.6 Å². The molecule has 0 spiro atoms. The maximum absolute atomic E-state index is 11.4. The van der Waals surface area contributed by atoms with Gasteiger partial charge in [-0.15, -0.1) is 0 Å². The van der Waals surface area contributed by atoms with E-state index in [1.807, 2.05) is 13.8 Å². The first-order chi connectivity index (χ1) is 8.64.